The third-order valence-corrected chi connectivity index (χ3v) is 6.62. The van der Waals surface area contributed by atoms with Crippen molar-refractivity contribution in [1.29, 1.82) is 0 Å². The first kappa shape index (κ1) is 16.3. The lowest BCUT2D eigenvalue weighted by Crippen LogP contribution is -2.40. The van der Waals surface area contributed by atoms with Crippen molar-refractivity contribution in [3.63, 3.8) is 0 Å². The zero-order valence-electron chi connectivity index (χ0n) is 11.9. The Bertz CT molecular complexity index is 770. The Hall–Kier alpha value is -1.61. The highest BCUT2D eigenvalue weighted by Gasteiger charge is 2.71. The van der Waals surface area contributed by atoms with E-state index in [-0.39, 0.29) is 37.9 Å². The molecule has 0 unspecified atom stereocenters. The Balaban J connectivity index is 1.82. The molecular weight excluding hydrogens is 335 g/mol. The minimum atomic E-state index is -4.17. The zero-order valence-corrected chi connectivity index (χ0v) is 12.7. The van der Waals surface area contributed by atoms with Gasteiger partial charge in [0.25, 0.3) is 5.92 Å². The molecule has 1 saturated heterocycles. The van der Waals surface area contributed by atoms with Gasteiger partial charge in [0.1, 0.15) is 10.7 Å². The second-order valence-corrected chi connectivity index (χ2v) is 7.92. The molecule has 1 spiro atoms. The number of sulfonamides is 1. The van der Waals surface area contributed by atoms with Crippen LogP contribution < -0.4 is 0 Å². The van der Waals surface area contributed by atoms with Crippen LogP contribution in [0.15, 0.2) is 23.1 Å². The molecule has 0 radical (unpaired) electrons. The zero-order chi connectivity index (χ0) is 17.0. The monoisotopic (exact) mass is 349 g/mol. The highest BCUT2D eigenvalue weighted by Crippen LogP contribution is 2.66. The number of hydrogen-bond acceptors (Lipinski definition) is 3. The molecule has 1 aliphatic carbocycles. The Morgan fingerprint density at radius 1 is 1.22 bits per heavy atom. The molecule has 1 aromatic rings. The molecule has 0 amide bonds. The number of nitrogens with zero attached hydrogens (tertiary/aromatic N) is 1. The van der Waals surface area contributed by atoms with Crippen molar-refractivity contribution in [2.45, 2.75) is 30.1 Å². The first-order valence-electron chi connectivity index (χ1n) is 7.00. The van der Waals surface area contributed by atoms with Crippen molar-refractivity contribution in [1.82, 2.24) is 4.31 Å². The molecule has 2 fully saturated rings. The van der Waals surface area contributed by atoms with Crippen LogP contribution in [0.3, 0.4) is 0 Å². The van der Waals surface area contributed by atoms with Crippen molar-refractivity contribution in [3.8, 4) is 0 Å². The van der Waals surface area contributed by atoms with Crippen LogP contribution in [0.5, 0.6) is 0 Å². The molecule has 1 aromatic carbocycles. The predicted molar refractivity (Wildman–Crippen MR) is 73.3 cm³/mol. The molecule has 1 heterocycles. The Kier molecular flexibility index (Phi) is 3.49. The van der Waals surface area contributed by atoms with Gasteiger partial charge >= 0.3 is 5.97 Å². The van der Waals surface area contributed by atoms with Gasteiger partial charge in [-0.25, -0.2) is 26.4 Å². The molecule has 3 rings (SSSR count). The number of carboxylic acids is 1. The summed E-state index contributed by atoms with van der Waals surface area (Å²) in [5.41, 5.74) is -1.47. The fraction of sp³-hybridized carbons (Fsp3) is 0.500. The summed E-state index contributed by atoms with van der Waals surface area (Å²) in [5, 5.41) is 8.77. The number of halogens is 3. The van der Waals surface area contributed by atoms with Gasteiger partial charge in [-0.15, -0.1) is 0 Å². The number of rotatable bonds is 3. The van der Waals surface area contributed by atoms with Crippen LogP contribution in [-0.4, -0.2) is 42.8 Å². The van der Waals surface area contributed by atoms with E-state index < -0.39 is 38.0 Å². The van der Waals surface area contributed by atoms with Gasteiger partial charge in [-0.1, -0.05) is 0 Å². The first-order valence-corrected chi connectivity index (χ1v) is 8.44. The SMILES string of the molecule is O=C(O)c1ccc(S(=O)(=O)N2CCC3(CC2)CC3(F)F)c(F)c1. The summed E-state index contributed by atoms with van der Waals surface area (Å²) in [7, 11) is -4.17. The summed E-state index contributed by atoms with van der Waals surface area (Å²) in [4.78, 5) is 10.1. The number of alkyl halides is 2. The van der Waals surface area contributed by atoms with Gasteiger partial charge in [-0.3, -0.25) is 0 Å². The van der Waals surface area contributed by atoms with Crippen molar-refractivity contribution < 1.29 is 31.5 Å². The maximum Gasteiger partial charge on any atom is 0.335 e. The predicted octanol–water partition coefficient (Wildman–Crippen LogP) is 2.33. The summed E-state index contributed by atoms with van der Waals surface area (Å²) in [6.45, 7) is -0.198. The molecule has 5 nitrogen and oxygen atoms in total. The summed E-state index contributed by atoms with van der Waals surface area (Å²) >= 11 is 0. The van der Waals surface area contributed by atoms with E-state index in [2.05, 4.69) is 0 Å². The molecule has 0 aromatic heterocycles. The quantitative estimate of drug-likeness (QED) is 0.909. The maximum absolute atomic E-state index is 14.0. The van der Waals surface area contributed by atoms with E-state index in [9.17, 15) is 26.4 Å². The van der Waals surface area contributed by atoms with E-state index in [0.29, 0.717) is 6.07 Å². The smallest absolute Gasteiger partial charge is 0.335 e. The van der Waals surface area contributed by atoms with Gasteiger partial charge in [0.2, 0.25) is 10.0 Å². The highest BCUT2D eigenvalue weighted by atomic mass is 32.2. The topological polar surface area (TPSA) is 74.7 Å². The van der Waals surface area contributed by atoms with Gasteiger partial charge in [0, 0.05) is 24.9 Å². The van der Waals surface area contributed by atoms with E-state index in [1.54, 1.807) is 0 Å². The second-order valence-electron chi connectivity index (χ2n) is 6.02. The molecule has 126 valence electrons. The summed E-state index contributed by atoms with van der Waals surface area (Å²) in [6, 6.07) is 2.53. The fourth-order valence-corrected chi connectivity index (χ4v) is 4.55. The fourth-order valence-electron chi connectivity index (χ4n) is 3.06. The van der Waals surface area contributed by atoms with Crippen LogP contribution in [-0.2, 0) is 10.0 Å². The maximum atomic E-state index is 14.0. The van der Waals surface area contributed by atoms with Gasteiger partial charge in [0.05, 0.1) is 5.56 Å². The third kappa shape index (κ3) is 2.51. The van der Waals surface area contributed by atoms with Crippen LogP contribution in [0.2, 0.25) is 0 Å². The van der Waals surface area contributed by atoms with E-state index in [1.807, 2.05) is 0 Å². The lowest BCUT2D eigenvalue weighted by atomic mass is 9.94. The Labute approximate surface area is 130 Å². The lowest BCUT2D eigenvalue weighted by molar-refractivity contribution is 0.0425. The molecule has 9 heteroatoms. The van der Waals surface area contributed by atoms with Gasteiger partial charge in [0.15, 0.2) is 0 Å². The van der Waals surface area contributed by atoms with E-state index in [0.717, 1.165) is 16.4 Å². The molecule has 0 bridgehead atoms. The van der Waals surface area contributed by atoms with Crippen LogP contribution in [0.25, 0.3) is 0 Å². The van der Waals surface area contributed by atoms with Crippen molar-refractivity contribution in [2.24, 2.45) is 5.41 Å². The first-order chi connectivity index (χ1) is 10.6. The van der Waals surface area contributed by atoms with Crippen LogP contribution in [0, 0.1) is 11.2 Å². The summed E-state index contributed by atoms with van der Waals surface area (Å²) < 4.78 is 66.4. The Morgan fingerprint density at radius 2 is 1.78 bits per heavy atom. The standard InChI is InChI=1S/C14H14F3NO4S/c15-10-7-9(12(19)20)1-2-11(10)23(21,22)18-5-3-13(4-6-18)8-14(13,16)17/h1-2,7H,3-6,8H2,(H,19,20). The molecule has 1 N–H and O–H groups in total. The number of benzene rings is 1. The number of hydrogen-bond donors (Lipinski definition) is 1. The van der Waals surface area contributed by atoms with Gasteiger partial charge < -0.3 is 5.11 Å². The number of aromatic carboxylic acids is 1. The van der Waals surface area contributed by atoms with Crippen molar-refractivity contribution >= 4 is 16.0 Å². The van der Waals surface area contributed by atoms with Gasteiger partial charge in [-0.05, 0) is 31.0 Å². The number of carbonyl (C=O) groups is 1. The lowest BCUT2D eigenvalue weighted by Gasteiger charge is -2.31. The molecule has 23 heavy (non-hydrogen) atoms. The van der Waals surface area contributed by atoms with Crippen LogP contribution in [0.1, 0.15) is 29.6 Å². The van der Waals surface area contributed by atoms with Crippen LogP contribution in [0.4, 0.5) is 13.2 Å². The minimum absolute atomic E-state index is 0.0358. The van der Waals surface area contributed by atoms with Crippen molar-refractivity contribution in [3.05, 3.63) is 29.6 Å². The number of piperidine rings is 1. The molecular formula is C14H14F3NO4S. The van der Waals surface area contributed by atoms with Gasteiger partial charge in [-0.2, -0.15) is 4.31 Å². The van der Waals surface area contributed by atoms with Crippen LogP contribution >= 0.6 is 0 Å². The van der Waals surface area contributed by atoms with E-state index >= 15 is 0 Å². The summed E-state index contributed by atoms with van der Waals surface area (Å²) in [6.07, 6.45) is -0.155. The average molecular weight is 349 g/mol. The van der Waals surface area contributed by atoms with E-state index in [1.165, 1.54) is 0 Å². The largest absolute Gasteiger partial charge is 0.478 e. The van der Waals surface area contributed by atoms with E-state index in [4.69, 9.17) is 5.11 Å². The summed E-state index contributed by atoms with van der Waals surface area (Å²) in [5.74, 6) is -5.28. The normalized spacial score (nSPS) is 22.9. The minimum Gasteiger partial charge on any atom is -0.478 e. The third-order valence-electron chi connectivity index (χ3n) is 4.69. The molecule has 2 aliphatic rings. The highest BCUT2D eigenvalue weighted by molar-refractivity contribution is 7.89. The average Bonchev–Trinajstić information content (AvgIpc) is 2.98. The molecule has 1 aliphatic heterocycles. The number of carboxylic acid groups (broad SMARTS) is 1. The van der Waals surface area contributed by atoms with Crippen molar-refractivity contribution in [2.75, 3.05) is 13.1 Å². The Morgan fingerprint density at radius 3 is 2.22 bits per heavy atom. The molecule has 1 saturated carbocycles. The molecule has 0 atom stereocenters. The second kappa shape index (κ2) is 4.94.